The molecule has 0 saturated heterocycles. The molecule has 8 heteroatoms. The van der Waals surface area contributed by atoms with Crippen molar-refractivity contribution in [3.05, 3.63) is 35.5 Å². The van der Waals surface area contributed by atoms with Gasteiger partial charge in [-0.1, -0.05) is 56.9 Å². The Balaban J connectivity index is 2.99. The van der Waals surface area contributed by atoms with E-state index < -0.39 is 36.0 Å². The molecule has 0 aliphatic carbocycles. The molecule has 2 amide bonds. The van der Waals surface area contributed by atoms with E-state index in [9.17, 15) is 19.5 Å². The van der Waals surface area contributed by atoms with Gasteiger partial charge in [0.25, 0.3) is 5.91 Å². The minimum Gasteiger partial charge on any atom is -0.481 e. The van der Waals surface area contributed by atoms with Crippen molar-refractivity contribution in [1.29, 1.82) is 0 Å². The van der Waals surface area contributed by atoms with Crippen molar-refractivity contribution < 1.29 is 24.6 Å². The molecule has 6 N–H and O–H groups in total. The second-order valence-electron chi connectivity index (χ2n) is 8.90. The number of aliphatic carboxylic acids is 1. The summed E-state index contributed by atoms with van der Waals surface area (Å²) in [7, 11) is 0. The summed E-state index contributed by atoms with van der Waals surface area (Å²) >= 11 is 0. The van der Waals surface area contributed by atoms with E-state index in [1.165, 1.54) is 4.90 Å². The summed E-state index contributed by atoms with van der Waals surface area (Å²) in [4.78, 5) is 38.2. The summed E-state index contributed by atoms with van der Waals surface area (Å²) in [5, 5.41) is 19.0. The lowest BCUT2D eigenvalue weighted by atomic mass is 10.0. The van der Waals surface area contributed by atoms with Gasteiger partial charge in [-0.3, -0.25) is 19.3 Å². The van der Waals surface area contributed by atoms with E-state index in [1.54, 1.807) is 12.2 Å². The molecule has 0 aromatic heterocycles. The number of carbonyl (C=O) groups is 3. The molecule has 2 unspecified atom stereocenters. The monoisotopic (exact) mass is 477 g/mol. The molecule has 0 bridgehead atoms. The number of rotatable bonds is 17. The van der Waals surface area contributed by atoms with Gasteiger partial charge in [-0.2, -0.15) is 0 Å². The predicted molar refractivity (Wildman–Crippen MR) is 134 cm³/mol. The van der Waals surface area contributed by atoms with Gasteiger partial charge < -0.3 is 21.7 Å². The lowest BCUT2D eigenvalue weighted by molar-refractivity contribution is -0.143. The van der Waals surface area contributed by atoms with Crippen molar-refractivity contribution in [2.75, 3.05) is 6.54 Å². The van der Waals surface area contributed by atoms with E-state index in [1.807, 2.05) is 19.1 Å². The first-order chi connectivity index (χ1) is 16.2. The number of hydrogen-bond acceptors (Lipinski definition) is 6. The average Bonchev–Trinajstić information content (AvgIpc) is 3.03. The molecule has 0 saturated carbocycles. The summed E-state index contributed by atoms with van der Waals surface area (Å²) in [5.74, 6) is -1.62. The minimum absolute atomic E-state index is 0.107. The normalized spacial score (nSPS) is 18.4. The zero-order chi connectivity index (χ0) is 25.5. The highest BCUT2D eigenvalue weighted by Gasteiger charge is 2.40. The molecule has 192 valence electrons. The molecule has 1 aliphatic rings. The van der Waals surface area contributed by atoms with Gasteiger partial charge in [0.2, 0.25) is 5.91 Å². The lowest BCUT2D eigenvalue weighted by Gasteiger charge is -2.25. The van der Waals surface area contributed by atoms with E-state index in [0.717, 1.165) is 37.7 Å². The SMILES string of the molecule is CCCCCC(O)/C=C/C1=C(C/C=C\CCCC(=O)O)C(C)N(C(=O)[C@@H](N)CCCCN)C1=O. The van der Waals surface area contributed by atoms with E-state index in [4.69, 9.17) is 16.6 Å². The molecular weight excluding hydrogens is 434 g/mol. The first-order valence-corrected chi connectivity index (χ1v) is 12.5. The van der Waals surface area contributed by atoms with Crippen molar-refractivity contribution in [2.24, 2.45) is 11.5 Å². The standard InChI is InChI=1S/C26H43N3O5/c1-3-4-7-12-20(30)16-17-22-21(13-8-5-6-9-15-24(31)32)19(2)29(25(22)33)26(34)23(28)14-10-11-18-27/h5,8,16-17,19-20,23,30H,3-4,6-7,9-15,18,27-28H2,1-2H3,(H,31,32)/b8-5-,17-16+/t19?,20?,23-/m0/s1. The van der Waals surface area contributed by atoms with Crippen molar-refractivity contribution in [3.8, 4) is 0 Å². The molecule has 1 heterocycles. The second kappa shape index (κ2) is 16.4. The number of unbranched alkanes of at least 4 members (excludes halogenated alkanes) is 4. The van der Waals surface area contributed by atoms with E-state index in [2.05, 4.69) is 6.92 Å². The van der Waals surface area contributed by atoms with E-state index in [-0.39, 0.29) is 6.42 Å². The number of carboxylic acids is 1. The van der Waals surface area contributed by atoms with Crippen LogP contribution in [0.4, 0.5) is 0 Å². The number of aliphatic hydroxyl groups excluding tert-OH is 1. The highest BCUT2D eigenvalue weighted by molar-refractivity contribution is 6.10. The topological polar surface area (TPSA) is 147 Å². The summed E-state index contributed by atoms with van der Waals surface area (Å²) < 4.78 is 0. The third kappa shape index (κ3) is 9.91. The van der Waals surface area contributed by atoms with Crippen molar-refractivity contribution in [1.82, 2.24) is 4.90 Å². The number of hydrogen-bond donors (Lipinski definition) is 4. The van der Waals surface area contributed by atoms with Gasteiger partial charge in [0, 0.05) is 12.0 Å². The van der Waals surface area contributed by atoms with Gasteiger partial charge in [-0.15, -0.1) is 0 Å². The van der Waals surface area contributed by atoms with Crippen LogP contribution in [-0.2, 0) is 14.4 Å². The largest absolute Gasteiger partial charge is 0.481 e. The number of amides is 2. The van der Waals surface area contributed by atoms with Crippen LogP contribution in [0, 0.1) is 0 Å². The molecule has 1 rings (SSSR count). The molecule has 0 spiro atoms. The first-order valence-electron chi connectivity index (χ1n) is 12.5. The maximum absolute atomic E-state index is 13.2. The maximum Gasteiger partial charge on any atom is 0.303 e. The van der Waals surface area contributed by atoms with Gasteiger partial charge in [-0.25, -0.2) is 0 Å². The Morgan fingerprint density at radius 3 is 2.47 bits per heavy atom. The van der Waals surface area contributed by atoms with Crippen LogP contribution in [-0.4, -0.2) is 57.6 Å². The van der Waals surface area contributed by atoms with Gasteiger partial charge in [0.15, 0.2) is 0 Å². The minimum atomic E-state index is -0.826. The Morgan fingerprint density at radius 2 is 1.82 bits per heavy atom. The number of carboxylic acid groups (broad SMARTS) is 1. The number of imide groups is 1. The molecule has 0 radical (unpaired) electrons. The summed E-state index contributed by atoms with van der Waals surface area (Å²) in [6.07, 6.45) is 13.7. The number of aliphatic hydroxyl groups is 1. The first kappa shape index (κ1) is 29.7. The Hall–Kier alpha value is -2.29. The van der Waals surface area contributed by atoms with Gasteiger partial charge >= 0.3 is 5.97 Å². The fourth-order valence-electron chi connectivity index (χ4n) is 3.99. The molecule has 8 nitrogen and oxygen atoms in total. The zero-order valence-electron chi connectivity index (χ0n) is 20.7. The molecule has 34 heavy (non-hydrogen) atoms. The average molecular weight is 478 g/mol. The predicted octanol–water partition coefficient (Wildman–Crippen LogP) is 3.20. The molecular formula is C26H43N3O5. The van der Waals surface area contributed by atoms with E-state index in [0.29, 0.717) is 44.2 Å². The van der Waals surface area contributed by atoms with Crippen LogP contribution < -0.4 is 11.5 Å². The Morgan fingerprint density at radius 1 is 1.12 bits per heavy atom. The molecule has 0 aromatic rings. The van der Waals surface area contributed by atoms with Crippen LogP contribution in [0.1, 0.15) is 84.5 Å². The highest BCUT2D eigenvalue weighted by Crippen LogP contribution is 2.31. The van der Waals surface area contributed by atoms with Gasteiger partial charge in [-0.05, 0) is 57.6 Å². The highest BCUT2D eigenvalue weighted by atomic mass is 16.4. The number of carbonyl (C=O) groups excluding carboxylic acids is 2. The summed E-state index contributed by atoms with van der Waals surface area (Å²) in [6.45, 7) is 4.44. The Bertz CT molecular complexity index is 760. The summed E-state index contributed by atoms with van der Waals surface area (Å²) in [5.41, 5.74) is 12.8. The fraction of sp³-hybridized carbons (Fsp3) is 0.654. The number of allylic oxidation sites excluding steroid dienone is 2. The van der Waals surface area contributed by atoms with Crippen molar-refractivity contribution >= 4 is 17.8 Å². The van der Waals surface area contributed by atoms with Crippen molar-refractivity contribution in [2.45, 2.75) is 103 Å². The number of nitrogens with zero attached hydrogens (tertiary/aromatic N) is 1. The molecule has 1 aliphatic heterocycles. The second-order valence-corrected chi connectivity index (χ2v) is 8.90. The van der Waals surface area contributed by atoms with Crippen LogP contribution in [0.15, 0.2) is 35.5 Å². The van der Waals surface area contributed by atoms with Crippen molar-refractivity contribution in [3.63, 3.8) is 0 Å². The van der Waals surface area contributed by atoms with Crippen LogP contribution >= 0.6 is 0 Å². The molecule has 0 fully saturated rings. The number of nitrogens with two attached hydrogens (primary N) is 2. The van der Waals surface area contributed by atoms with Crippen LogP contribution in [0.25, 0.3) is 0 Å². The van der Waals surface area contributed by atoms with Crippen LogP contribution in [0.5, 0.6) is 0 Å². The fourth-order valence-corrected chi connectivity index (χ4v) is 3.99. The zero-order valence-corrected chi connectivity index (χ0v) is 20.7. The lowest BCUT2D eigenvalue weighted by Crippen LogP contribution is -2.48. The molecule has 3 atom stereocenters. The summed E-state index contributed by atoms with van der Waals surface area (Å²) in [6, 6.07) is -1.21. The smallest absolute Gasteiger partial charge is 0.303 e. The third-order valence-electron chi connectivity index (χ3n) is 6.06. The Kier molecular flexibility index (Phi) is 14.3. The van der Waals surface area contributed by atoms with Crippen LogP contribution in [0.3, 0.4) is 0 Å². The third-order valence-corrected chi connectivity index (χ3v) is 6.06. The Labute approximate surface area is 203 Å². The van der Waals surface area contributed by atoms with Crippen LogP contribution in [0.2, 0.25) is 0 Å². The quantitative estimate of drug-likeness (QED) is 0.186. The van der Waals surface area contributed by atoms with Gasteiger partial charge in [0.05, 0.1) is 18.2 Å². The maximum atomic E-state index is 13.2. The van der Waals surface area contributed by atoms with Gasteiger partial charge in [0.1, 0.15) is 0 Å². The molecule has 0 aromatic carbocycles. The van der Waals surface area contributed by atoms with E-state index >= 15 is 0 Å².